The van der Waals surface area contributed by atoms with Crippen molar-refractivity contribution < 1.29 is 14.2 Å². The molecule has 0 radical (unpaired) electrons. The SMILES string of the molecule is C#CCCn1c(Sc2cc(OC)c(OC)c(OC)c2)nc2c(N)ncnc21. The maximum Gasteiger partial charge on any atom is 0.203 e. The van der Waals surface area contributed by atoms with E-state index in [0.29, 0.717) is 52.4 Å². The highest BCUT2D eigenvalue weighted by Gasteiger charge is 2.18. The van der Waals surface area contributed by atoms with Crippen LogP contribution in [0.15, 0.2) is 28.5 Å². The van der Waals surface area contributed by atoms with Gasteiger partial charge in [-0.1, -0.05) is 11.8 Å². The van der Waals surface area contributed by atoms with Crippen LogP contribution in [0, 0.1) is 12.3 Å². The molecule has 9 heteroatoms. The van der Waals surface area contributed by atoms with Crippen molar-refractivity contribution in [1.29, 1.82) is 0 Å². The highest BCUT2D eigenvalue weighted by Crippen LogP contribution is 2.42. The molecule has 0 atom stereocenters. The fourth-order valence-electron chi connectivity index (χ4n) is 2.61. The Balaban J connectivity index is 2.08. The van der Waals surface area contributed by atoms with Crippen LogP contribution in [0.4, 0.5) is 5.82 Å². The number of rotatable bonds is 7. The Morgan fingerprint density at radius 1 is 1.15 bits per heavy atom. The van der Waals surface area contributed by atoms with E-state index in [1.165, 1.54) is 18.1 Å². The van der Waals surface area contributed by atoms with Crippen molar-refractivity contribution in [3.8, 4) is 29.6 Å². The number of anilines is 1. The van der Waals surface area contributed by atoms with Gasteiger partial charge in [0, 0.05) is 17.9 Å². The summed E-state index contributed by atoms with van der Waals surface area (Å²) in [6.45, 7) is 0.566. The number of nitrogen functional groups attached to an aromatic ring is 1. The van der Waals surface area contributed by atoms with Gasteiger partial charge in [0.1, 0.15) is 6.33 Å². The van der Waals surface area contributed by atoms with Gasteiger partial charge in [0.25, 0.3) is 0 Å². The van der Waals surface area contributed by atoms with E-state index in [1.807, 2.05) is 16.7 Å². The molecule has 0 aliphatic heterocycles. The molecule has 3 rings (SSSR count). The van der Waals surface area contributed by atoms with Crippen molar-refractivity contribution in [2.45, 2.75) is 23.0 Å². The minimum Gasteiger partial charge on any atom is -0.493 e. The van der Waals surface area contributed by atoms with Crippen molar-refractivity contribution >= 4 is 28.7 Å². The molecule has 0 saturated heterocycles. The normalized spacial score (nSPS) is 10.6. The standard InChI is InChI=1S/C18H19N5O3S/c1-5-6-7-23-17-14(16(19)20-10-21-17)22-18(23)27-11-8-12(24-2)15(26-4)13(9-11)25-3/h1,8-10H,6-7H2,2-4H3,(H2,19,20,21). The van der Waals surface area contributed by atoms with Crippen LogP contribution in [0.1, 0.15) is 6.42 Å². The van der Waals surface area contributed by atoms with E-state index in [-0.39, 0.29) is 0 Å². The summed E-state index contributed by atoms with van der Waals surface area (Å²) >= 11 is 1.42. The van der Waals surface area contributed by atoms with E-state index in [4.69, 9.17) is 26.4 Å². The summed E-state index contributed by atoms with van der Waals surface area (Å²) in [5, 5.41) is 0.696. The van der Waals surface area contributed by atoms with Crippen LogP contribution in [0.25, 0.3) is 11.2 Å². The zero-order chi connectivity index (χ0) is 19.4. The van der Waals surface area contributed by atoms with E-state index >= 15 is 0 Å². The van der Waals surface area contributed by atoms with Crippen molar-refractivity contribution in [3.05, 3.63) is 18.5 Å². The summed E-state index contributed by atoms with van der Waals surface area (Å²) in [5.74, 6) is 4.61. The van der Waals surface area contributed by atoms with E-state index in [0.717, 1.165) is 4.90 Å². The Bertz CT molecular complexity index is 987. The van der Waals surface area contributed by atoms with Crippen LogP contribution in [0.5, 0.6) is 17.2 Å². The fraction of sp³-hybridized carbons (Fsp3) is 0.278. The minimum absolute atomic E-state index is 0.325. The lowest BCUT2D eigenvalue weighted by atomic mass is 10.3. The maximum atomic E-state index is 5.96. The van der Waals surface area contributed by atoms with Gasteiger partial charge in [-0.25, -0.2) is 15.0 Å². The highest BCUT2D eigenvalue weighted by atomic mass is 32.2. The number of nitrogens with two attached hydrogens (primary N) is 1. The van der Waals surface area contributed by atoms with Crippen LogP contribution >= 0.6 is 11.8 Å². The Hall–Kier alpha value is -3.12. The summed E-state index contributed by atoms with van der Waals surface area (Å²) in [4.78, 5) is 13.8. The number of nitrogens with zero attached hydrogens (tertiary/aromatic N) is 4. The monoisotopic (exact) mass is 385 g/mol. The third-order valence-corrected chi connectivity index (χ3v) is 4.82. The predicted molar refractivity (Wildman–Crippen MR) is 103 cm³/mol. The smallest absolute Gasteiger partial charge is 0.203 e. The molecule has 0 aliphatic carbocycles. The van der Waals surface area contributed by atoms with E-state index < -0.39 is 0 Å². The molecule has 0 saturated carbocycles. The Kier molecular flexibility index (Phi) is 5.57. The Morgan fingerprint density at radius 2 is 1.85 bits per heavy atom. The molecule has 2 N–H and O–H groups in total. The molecular formula is C18H19N5O3S. The maximum absolute atomic E-state index is 5.96. The van der Waals surface area contributed by atoms with Crippen LogP contribution < -0.4 is 19.9 Å². The van der Waals surface area contributed by atoms with Gasteiger partial charge in [-0.2, -0.15) is 0 Å². The van der Waals surface area contributed by atoms with E-state index in [9.17, 15) is 0 Å². The predicted octanol–water partition coefficient (Wildman–Crippen LogP) is 2.61. The topological polar surface area (TPSA) is 97.3 Å². The molecule has 0 unspecified atom stereocenters. The zero-order valence-corrected chi connectivity index (χ0v) is 16.0. The minimum atomic E-state index is 0.325. The van der Waals surface area contributed by atoms with Crippen molar-refractivity contribution in [1.82, 2.24) is 19.5 Å². The van der Waals surface area contributed by atoms with Crippen LogP contribution in [0.2, 0.25) is 0 Å². The Labute approximate surface area is 161 Å². The Morgan fingerprint density at radius 3 is 2.44 bits per heavy atom. The van der Waals surface area contributed by atoms with Gasteiger partial charge >= 0.3 is 0 Å². The second kappa shape index (κ2) is 8.05. The molecule has 0 fully saturated rings. The molecule has 0 aliphatic rings. The van der Waals surface area contributed by atoms with Gasteiger partial charge in [-0.15, -0.1) is 12.3 Å². The number of ether oxygens (including phenoxy) is 3. The molecule has 27 heavy (non-hydrogen) atoms. The molecule has 1 aromatic carbocycles. The highest BCUT2D eigenvalue weighted by molar-refractivity contribution is 7.99. The lowest BCUT2D eigenvalue weighted by Crippen LogP contribution is -2.01. The molecular weight excluding hydrogens is 366 g/mol. The van der Waals surface area contributed by atoms with Gasteiger partial charge in [0.2, 0.25) is 5.75 Å². The third-order valence-electron chi connectivity index (χ3n) is 3.85. The van der Waals surface area contributed by atoms with Gasteiger partial charge < -0.3 is 24.5 Å². The quantitative estimate of drug-likeness (QED) is 0.620. The number of aromatic nitrogens is 4. The molecule has 2 aromatic heterocycles. The molecule has 0 spiro atoms. The summed E-state index contributed by atoms with van der Waals surface area (Å²) < 4.78 is 18.1. The van der Waals surface area contributed by atoms with Gasteiger partial charge in [-0.3, -0.25) is 0 Å². The van der Waals surface area contributed by atoms with Gasteiger partial charge in [0.05, 0.1) is 21.3 Å². The number of hydrogen-bond acceptors (Lipinski definition) is 8. The molecule has 0 bridgehead atoms. The van der Waals surface area contributed by atoms with Crippen LogP contribution in [0.3, 0.4) is 0 Å². The summed E-state index contributed by atoms with van der Waals surface area (Å²) in [7, 11) is 4.71. The first-order valence-corrected chi connectivity index (χ1v) is 8.82. The van der Waals surface area contributed by atoms with Crippen LogP contribution in [-0.2, 0) is 6.54 Å². The summed E-state index contributed by atoms with van der Waals surface area (Å²) in [6, 6.07) is 3.71. The fourth-order valence-corrected chi connectivity index (χ4v) is 3.58. The number of terminal acetylenes is 1. The van der Waals surface area contributed by atoms with Crippen molar-refractivity contribution in [3.63, 3.8) is 0 Å². The number of methoxy groups -OCH3 is 3. The first-order valence-electron chi connectivity index (χ1n) is 8.01. The van der Waals surface area contributed by atoms with E-state index in [2.05, 4.69) is 20.9 Å². The van der Waals surface area contributed by atoms with Crippen molar-refractivity contribution in [2.75, 3.05) is 27.1 Å². The molecule has 0 amide bonds. The number of benzene rings is 1. The second-order valence-electron chi connectivity index (χ2n) is 5.39. The first-order chi connectivity index (χ1) is 13.1. The first kappa shape index (κ1) is 18.7. The number of hydrogen-bond donors (Lipinski definition) is 1. The molecule has 8 nitrogen and oxygen atoms in total. The van der Waals surface area contributed by atoms with Gasteiger partial charge in [0.15, 0.2) is 33.6 Å². The summed E-state index contributed by atoms with van der Waals surface area (Å²) in [6.07, 6.45) is 7.39. The largest absolute Gasteiger partial charge is 0.493 e. The zero-order valence-electron chi connectivity index (χ0n) is 15.2. The van der Waals surface area contributed by atoms with Crippen molar-refractivity contribution in [2.24, 2.45) is 0 Å². The molecule has 140 valence electrons. The van der Waals surface area contributed by atoms with Crippen LogP contribution in [-0.4, -0.2) is 40.8 Å². The number of aryl methyl sites for hydroxylation is 1. The molecule has 3 aromatic rings. The lowest BCUT2D eigenvalue weighted by molar-refractivity contribution is 0.323. The average molecular weight is 385 g/mol. The second-order valence-corrected chi connectivity index (χ2v) is 6.44. The number of fused-ring (bicyclic) bond motifs is 1. The third kappa shape index (κ3) is 3.57. The summed E-state index contributed by atoms with van der Waals surface area (Å²) in [5.41, 5.74) is 7.15. The number of imidazole rings is 1. The average Bonchev–Trinajstić information content (AvgIpc) is 3.03. The lowest BCUT2D eigenvalue weighted by Gasteiger charge is -2.14. The van der Waals surface area contributed by atoms with E-state index in [1.54, 1.807) is 21.3 Å². The van der Waals surface area contributed by atoms with Gasteiger partial charge in [-0.05, 0) is 12.1 Å². The molecule has 2 heterocycles.